The van der Waals surface area contributed by atoms with Gasteiger partial charge in [0.1, 0.15) is 23.6 Å². The van der Waals surface area contributed by atoms with Crippen molar-refractivity contribution in [2.45, 2.75) is 56.6 Å². The number of aliphatic hydroxyl groups excluding tert-OH is 2. The van der Waals surface area contributed by atoms with Crippen molar-refractivity contribution in [2.24, 2.45) is 5.92 Å². The number of amides is 3. The number of carbonyl (C=O) groups is 3. The van der Waals surface area contributed by atoms with Crippen LogP contribution < -0.4 is 16.0 Å². The minimum Gasteiger partial charge on any atom is -0.467 e. The van der Waals surface area contributed by atoms with Crippen LogP contribution in [0.2, 0.25) is 0 Å². The Kier molecular flexibility index (Phi) is 7.93. The van der Waals surface area contributed by atoms with Crippen molar-refractivity contribution in [2.75, 3.05) is 12.4 Å². The zero-order chi connectivity index (χ0) is 23.3. The van der Waals surface area contributed by atoms with Crippen LogP contribution in [0.5, 0.6) is 0 Å². The number of methoxy groups -OCH3 is 1. The number of benzene rings is 1. The summed E-state index contributed by atoms with van der Waals surface area (Å²) >= 11 is 0. The first-order valence-corrected chi connectivity index (χ1v) is 9.77. The maximum Gasteiger partial charge on any atom is 0.328 e. The molecule has 31 heavy (non-hydrogen) atoms. The van der Waals surface area contributed by atoms with E-state index in [1.54, 1.807) is 13.8 Å². The first kappa shape index (κ1) is 24.5. The minimum absolute atomic E-state index is 0.147. The van der Waals surface area contributed by atoms with E-state index in [0.29, 0.717) is 0 Å². The fourth-order valence-corrected chi connectivity index (χ4v) is 3.43. The third-order valence-corrected chi connectivity index (χ3v) is 5.14. The van der Waals surface area contributed by atoms with E-state index in [9.17, 15) is 34.1 Å². The van der Waals surface area contributed by atoms with E-state index in [-0.39, 0.29) is 11.6 Å². The van der Waals surface area contributed by atoms with Crippen molar-refractivity contribution in [1.82, 2.24) is 10.6 Å². The Morgan fingerprint density at radius 1 is 1.23 bits per heavy atom. The first-order valence-electron chi connectivity index (χ1n) is 9.77. The van der Waals surface area contributed by atoms with Crippen molar-refractivity contribution in [3.05, 3.63) is 30.1 Å². The lowest BCUT2D eigenvalue weighted by molar-refractivity contribution is -0.161. The summed E-state index contributed by atoms with van der Waals surface area (Å²) in [6.07, 6.45) is -3.93. The second-order valence-electron chi connectivity index (χ2n) is 7.93. The van der Waals surface area contributed by atoms with Crippen molar-refractivity contribution in [1.29, 1.82) is 0 Å². The quantitative estimate of drug-likeness (QED) is 0.336. The molecule has 0 aliphatic heterocycles. The van der Waals surface area contributed by atoms with Gasteiger partial charge in [0.2, 0.25) is 0 Å². The minimum atomic E-state index is -2.17. The lowest BCUT2D eigenvalue weighted by Crippen LogP contribution is -2.64. The molecule has 172 valence electrons. The molecule has 0 heterocycles. The van der Waals surface area contributed by atoms with Crippen molar-refractivity contribution < 1.29 is 38.8 Å². The highest BCUT2D eigenvalue weighted by atomic mass is 19.1. The van der Waals surface area contributed by atoms with Crippen LogP contribution in [-0.2, 0) is 14.3 Å². The summed E-state index contributed by atoms with van der Waals surface area (Å²) in [5, 5.41) is 38.4. The Balaban J connectivity index is 2.11. The van der Waals surface area contributed by atoms with Crippen molar-refractivity contribution >= 4 is 23.6 Å². The van der Waals surface area contributed by atoms with E-state index in [1.165, 1.54) is 18.2 Å². The summed E-state index contributed by atoms with van der Waals surface area (Å²) in [6.45, 7) is 3.35. The average Bonchev–Trinajstić information content (AvgIpc) is 2.68. The van der Waals surface area contributed by atoms with Gasteiger partial charge in [-0.3, -0.25) is 4.79 Å². The van der Waals surface area contributed by atoms with Crippen LogP contribution in [0.1, 0.15) is 26.7 Å². The molecule has 1 aliphatic carbocycles. The molecule has 0 unspecified atom stereocenters. The molecule has 0 saturated heterocycles. The van der Waals surface area contributed by atoms with Crippen LogP contribution >= 0.6 is 0 Å². The largest absolute Gasteiger partial charge is 0.467 e. The normalized spacial score (nSPS) is 26.6. The predicted octanol–water partition coefficient (Wildman–Crippen LogP) is -0.124. The lowest BCUT2D eigenvalue weighted by atomic mass is 9.77. The zero-order valence-electron chi connectivity index (χ0n) is 17.5. The summed E-state index contributed by atoms with van der Waals surface area (Å²) in [5.41, 5.74) is -2.02. The van der Waals surface area contributed by atoms with Gasteiger partial charge in [0.05, 0.1) is 19.3 Å². The fourth-order valence-electron chi connectivity index (χ4n) is 3.43. The third kappa shape index (κ3) is 6.12. The maximum atomic E-state index is 13.3. The van der Waals surface area contributed by atoms with Gasteiger partial charge < -0.3 is 36.0 Å². The summed E-state index contributed by atoms with van der Waals surface area (Å²) < 4.78 is 17.9. The van der Waals surface area contributed by atoms with Crippen molar-refractivity contribution in [3.63, 3.8) is 0 Å². The van der Waals surface area contributed by atoms with Gasteiger partial charge in [-0.1, -0.05) is 19.9 Å². The number of aliphatic hydroxyl groups is 3. The molecular formula is C20H28FN3O7. The lowest BCUT2D eigenvalue weighted by Gasteiger charge is -2.42. The van der Waals surface area contributed by atoms with E-state index in [2.05, 4.69) is 20.7 Å². The van der Waals surface area contributed by atoms with E-state index < -0.39 is 66.5 Å². The highest BCUT2D eigenvalue weighted by Crippen LogP contribution is 2.30. The number of esters is 1. The van der Waals surface area contributed by atoms with Crippen LogP contribution in [0.15, 0.2) is 24.3 Å². The molecule has 3 amide bonds. The number of ether oxygens (including phenoxy) is 1. The number of halogens is 1. The van der Waals surface area contributed by atoms with Gasteiger partial charge in [-0.25, -0.2) is 14.0 Å². The van der Waals surface area contributed by atoms with E-state index in [0.717, 1.165) is 13.2 Å². The topological polar surface area (TPSA) is 157 Å². The first-order chi connectivity index (χ1) is 14.5. The molecule has 1 fully saturated rings. The average molecular weight is 441 g/mol. The molecule has 1 aromatic rings. The second-order valence-corrected chi connectivity index (χ2v) is 7.93. The van der Waals surface area contributed by atoms with Crippen LogP contribution in [0, 0.1) is 11.7 Å². The number of nitrogens with one attached hydrogen (secondary N) is 3. The van der Waals surface area contributed by atoms with Crippen molar-refractivity contribution in [3.8, 4) is 0 Å². The smallest absolute Gasteiger partial charge is 0.328 e. The van der Waals surface area contributed by atoms with Crippen LogP contribution in [0.3, 0.4) is 0 Å². The predicted molar refractivity (Wildman–Crippen MR) is 107 cm³/mol. The summed E-state index contributed by atoms with van der Waals surface area (Å²) in [4.78, 5) is 36.9. The van der Waals surface area contributed by atoms with Gasteiger partial charge in [-0.2, -0.15) is 0 Å². The molecule has 5 atom stereocenters. The molecule has 0 aromatic heterocycles. The Morgan fingerprint density at radius 3 is 2.48 bits per heavy atom. The Bertz CT molecular complexity index is 822. The SMILES string of the molecule is COC(=O)[C@H](NC(=O)[C@]1(O)C[C@@H](O)[C@H](O)[C@@H](NC(=O)Nc2cccc(F)c2)C1)C(C)C. The molecule has 2 rings (SSSR count). The number of hydrogen-bond acceptors (Lipinski definition) is 7. The molecule has 1 aliphatic rings. The standard InChI is InChI=1S/C20H28FN3O7/c1-10(2)15(17(27)31-3)24-18(28)20(30)8-13(16(26)14(25)9-20)23-19(29)22-12-6-4-5-11(21)7-12/h4-7,10,13-16,25-26,30H,8-9H2,1-3H3,(H,24,28)(H2,22,23,29)/t13-,14+,15+,16+,20+/m0/s1. The summed E-state index contributed by atoms with van der Waals surface area (Å²) in [7, 11) is 1.16. The molecule has 10 nitrogen and oxygen atoms in total. The van der Waals surface area contributed by atoms with Gasteiger partial charge in [-0.05, 0) is 24.1 Å². The highest BCUT2D eigenvalue weighted by Gasteiger charge is 2.50. The number of anilines is 1. The number of hydrogen-bond donors (Lipinski definition) is 6. The summed E-state index contributed by atoms with van der Waals surface area (Å²) in [6, 6.07) is 2.03. The zero-order valence-corrected chi connectivity index (χ0v) is 17.5. The highest BCUT2D eigenvalue weighted by molar-refractivity contribution is 5.91. The van der Waals surface area contributed by atoms with Gasteiger partial charge in [0.25, 0.3) is 5.91 Å². The van der Waals surface area contributed by atoms with Crippen LogP contribution in [-0.4, -0.2) is 70.2 Å². The molecule has 6 N–H and O–H groups in total. The Hall–Kier alpha value is -2.76. The van der Waals surface area contributed by atoms with Gasteiger partial charge in [0, 0.05) is 18.5 Å². The molecule has 1 aromatic carbocycles. The molecule has 0 bridgehead atoms. The van der Waals surface area contributed by atoms with E-state index in [4.69, 9.17) is 0 Å². The Labute approximate surface area is 178 Å². The maximum absolute atomic E-state index is 13.3. The second kappa shape index (κ2) is 10.0. The third-order valence-electron chi connectivity index (χ3n) is 5.14. The summed E-state index contributed by atoms with van der Waals surface area (Å²) in [5.74, 6) is -2.56. The van der Waals surface area contributed by atoms with E-state index in [1.807, 2.05) is 0 Å². The molecular weight excluding hydrogens is 413 g/mol. The molecule has 0 spiro atoms. The van der Waals surface area contributed by atoms with Gasteiger partial charge in [0.15, 0.2) is 0 Å². The van der Waals surface area contributed by atoms with Crippen LogP contribution in [0.4, 0.5) is 14.9 Å². The molecule has 1 saturated carbocycles. The number of urea groups is 1. The Morgan fingerprint density at radius 2 is 1.90 bits per heavy atom. The fraction of sp³-hybridized carbons (Fsp3) is 0.550. The van der Waals surface area contributed by atoms with Gasteiger partial charge in [-0.15, -0.1) is 0 Å². The van der Waals surface area contributed by atoms with Gasteiger partial charge >= 0.3 is 12.0 Å². The number of rotatable bonds is 6. The molecule has 11 heteroatoms. The monoisotopic (exact) mass is 441 g/mol. The van der Waals surface area contributed by atoms with Crippen LogP contribution in [0.25, 0.3) is 0 Å². The molecule has 0 radical (unpaired) electrons. The number of carbonyl (C=O) groups excluding carboxylic acids is 3. The van der Waals surface area contributed by atoms with E-state index >= 15 is 0 Å².